The van der Waals surface area contributed by atoms with Crippen LogP contribution in [0.3, 0.4) is 0 Å². The minimum absolute atomic E-state index is 0.000768. The first-order chi connectivity index (χ1) is 25.1. The molecule has 2 saturated heterocycles. The normalized spacial score (nSPS) is 23.7. The van der Waals surface area contributed by atoms with E-state index in [1.807, 2.05) is 0 Å². The fourth-order valence-corrected chi connectivity index (χ4v) is 6.33. The van der Waals surface area contributed by atoms with Crippen molar-refractivity contribution in [3.05, 3.63) is 65.7 Å². The molecule has 0 radical (unpaired) electrons. The minimum atomic E-state index is -1.59. The van der Waals surface area contributed by atoms with Crippen LogP contribution >= 0.6 is 0 Å². The Bertz CT molecular complexity index is 1650. The number of rotatable bonds is 8. The van der Waals surface area contributed by atoms with E-state index in [1.54, 1.807) is 42.5 Å². The van der Waals surface area contributed by atoms with Crippen molar-refractivity contribution in [2.45, 2.75) is 101 Å². The molecule has 2 heterocycles. The Morgan fingerprint density at radius 3 is 2.30 bits per heavy atom. The molecule has 2 aliphatic heterocycles. The summed E-state index contributed by atoms with van der Waals surface area (Å²) in [5, 5.41) is 23.0. The lowest BCUT2D eigenvalue weighted by Gasteiger charge is -2.31. The number of nitrogens with zero attached hydrogens (tertiary/aromatic N) is 1. The van der Waals surface area contributed by atoms with Crippen molar-refractivity contribution in [3.63, 3.8) is 0 Å². The highest BCUT2D eigenvalue weighted by atomic mass is 16.3. The zero-order chi connectivity index (χ0) is 38.7. The number of carbonyl (C=O) groups excluding carboxylic acids is 7. The van der Waals surface area contributed by atoms with Crippen LogP contribution in [0.1, 0.15) is 63.5 Å². The van der Waals surface area contributed by atoms with Gasteiger partial charge in [-0.2, -0.15) is 0 Å². The second-order valence-electron chi connectivity index (χ2n) is 14.1. The fourth-order valence-electron chi connectivity index (χ4n) is 6.33. The van der Waals surface area contributed by atoms with Crippen LogP contribution < -0.4 is 38.1 Å². The van der Waals surface area contributed by atoms with Gasteiger partial charge in [0.1, 0.15) is 35.5 Å². The van der Waals surface area contributed by atoms with Gasteiger partial charge in [0.15, 0.2) is 0 Å². The van der Waals surface area contributed by atoms with E-state index in [0.29, 0.717) is 36.8 Å². The van der Waals surface area contributed by atoms with Crippen LogP contribution in [0, 0.1) is 0 Å². The Labute approximate surface area is 308 Å². The monoisotopic (exact) mass is 734 g/mol. The molecule has 0 aliphatic carbocycles. The Kier molecular flexibility index (Phi) is 13.9. The number of likely N-dealkylation sites (tertiary alicyclic amines) is 1. The van der Waals surface area contributed by atoms with Gasteiger partial charge in [0.2, 0.25) is 41.4 Å². The summed E-state index contributed by atoms with van der Waals surface area (Å²) in [6, 6.07) is 9.40. The lowest BCUT2D eigenvalue weighted by molar-refractivity contribution is -0.142. The lowest BCUT2D eigenvalue weighted by Crippen LogP contribution is -2.63. The van der Waals surface area contributed by atoms with E-state index in [4.69, 9.17) is 11.5 Å². The summed E-state index contributed by atoms with van der Waals surface area (Å²) in [6.07, 6.45) is 1.45. The first-order valence-electron chi connectivity index (χ1n) is 17.8. The van der Waals surface area contributed by atoms with Crippen molar-refractivity contribution in [1.29, 1.82) is 0 Å². The molecule has 2 aliphatic rings. The van der Waals surface area contributed by atoms with E-state index >= 15 is 0 Å². The Hall–Kier alpha value is -5.51. The Morgan fingerprint density at radius 2 is 1.62 bits per heavy atom. The Morgan fingerprint density at radius 1 is 0.925 bits per heavy atom. The van der Waals surface area contributed by atoms with Crippen LogP contribution in [0.25, 0.3) is 0 Å². The van der Waals surface area contributed by atoms with E-state index in [9.17, 15) is 38.7 Å². The van der Waals surface area contributed by atoms with E-state index in [0.717, 1.165) is 0 Å². The van der Waals surface area contributed by atoms with Crippen LogP contribution in [0.4, 0.5) is 0 Å². The smallest absolute Gasteiger partial charge is 0.246 e. The maximum atomic E-state index is 13.9. The van der Waals surface area contributed by atoms with E-state index in [1.165, 1.54) is 30.9 Å². The highest BCUT2D eigenvalue weighted by molar-refractivity contribution is 5.99. The second kappa shape index (κ2) is 18.3. The summed E-state index contributed by atoms with van der Waals surface area (Å²) < 4.78 is 0. The molecule has 16 nitrogen and oxygen atoms in total. The number of nitrogens with one attached hydrogen (secondary N) is 5. The summed E-state index contributed by atoms with van der Waals surface area (Å²) >= 11 is 0. The molecule has 0 unspecified atom stereocenters. The molecular weight excluding hydrogens is 684 g/mol. The first-order valence-corrected chi connectivity index (χ1v) is 17.8. The third-order valence-electron chi connectivity index (χ3n) is 9.38. The van der Waals surface area contributed by atoms with Crippen molar-refractivity contribution in [3.8, 4) is 5.75 Å². The summed E-state index contributed by atoms with van der Waals surface area (Å²) in [6.45, 7) is 3.28. The van der Waals surface area contributed by atoms with E-state index < -0.39 is 83.5 Å². The molecule has 2 fully saturated rings. The van der Waals surface area contributed by atoms with Gasteiger partial charge < -0.3 is 48.1 Å². The molecule has 2 aromatic rings. The minimum Gasteiger partial charge on any atom is -0.508 e. The van der Waals surface area contributed by atoms with Gasteiger partial charge in [-0.3, -0.25) is 33.6 Å². The van der Waals surface area contributed by atoms with E-state index in [-0.39, 0.29) is 38.1 Å². The predicted molar refractivity (Wildman–Crippen MR) is 193 cm³/mol. The number of amides is 7. The number of primary amides is 1. The fraction of sp³-hybridized carbons (Fsp3) is 0.486. The van der Waals surface area contributed by atoms with Crippen LogP contribution in [0.5, 0.6) is 5.75 Å². The highest BCUT2D eigenvalue weighted by Crippen LogP contribution is 2.19. The number of carbonyl (C=O) groups is 7. The van der Waals surface area contributed by atoms with Crippen molar-refractivity contribution in [2.75, 3.05) is 13.1 Å². The summed E-state index contributed by atoms with van der Waals surface area (Å²) in [7, 11) is 0. The number of phenolic OH excluding ortho intramolecular Hbond substituents is 1. The molecule has 0 saturated carbocycles. The van der Waals surface area contributed by atoms with Gasteiger partial charge in [-0.05, 0) is 75.6 Å². The van der Waals surface area contributed by atoms with Gasteiger partial charge in [0.05, 0.1) is 12.5 Å². The van der Waals surface area contributed by atoms with Crippen molar-refractivity contribution >= 4 is 41.4 Å². The number of benzene rings is 2. The molecule has 16 heteroatoms. The summed E-state index contributed by atoms with van der Waals surface area (Å²) in [4.78, 5) is 95.0. The zero-order valence-corrected chi connectivity index (χ0v) is 30.1. The topological polar surface area (TPSA) is 255 Å². The molecule has 53 heavy (non-hydrogen) atoms. The number of aromatic hydroxyl groups is 1. The molecule has 7 amide bonds. The van der Waals surface area contributed by atoms with Crippen LogP contribution in [0.2, 0.25) is 0 Å². The predicted octanol–water partition coefficient (Wildman–Crippen LogP) is -0.980. The van der Waals surface area contributed by atoms with Gasteiger partial charge in [-0.1, -0.05) is 42.5 Å². The Balaban J connectivity index is 1.58. The van der Waals surface area contributed by atoms with E-state index in [2.05, 4.69) is 26.6 Å². The number of hydrogen-bond donors (Lipinski definition) is 8. The van der Waals surface area contributed by atoms with Crippen molar-refractivity contribution in [1.82, 2.24) is 31.5 Å². The van der Waals surface area contributed by atoms with Crippen molar-refractivity contribution in [2.24, 2.45) is 11.5 Å². The molecule has 5 atom stereocenters. The molecule has 4 rings (SSSR count). The average Bonchev–Trinajstić information content (AvgIpc) is 3.61. The zero-order valence-electron chi connectivity index (χ0n) is 30.1. The summed E-state index contributed by atoms with van der Waals surface area (Å²) in [5.41, 5.74) is 11.5. The molecule has 0 spiro atoms. The molecule has 2 aromatic carbocycles. The second-order valence-corrected chi connectivity index (χ2v) is 14.1. The molecule has 286 valence electrons. The van der Waals surface area contributed by atoms with Crippen molar-refractivity contribution < 1.29 is 38.7 Å². The lowest BCUT2D eigenvalue weighted by atomic mass is 9.99. The molecule has 0 aromatic heterocycles. The maximum absolute atomic E-state index is 13.9. The number of hydrogen-bond acceptors (Lipinski definition) is 9. The third-order valence-corrected chi connectivity index (χ3v) is 9.38. The van der Waals surface area contributed by atoms with Crippen LogP contribution in [-0.2, 0) is 46.4 Å². The summed E-state index contributed by atoms with van der Waals surface area (Å²) in [5.74, 6) is -4.57. The SMILES string of the molecule is CC1(C)NC(=O)[C@H](NC(=O)[C@@H](N)Cc2ccc(O)cc2)CCCCNC(=O)C[C@H](C(=O)N2CCC[C@H]2C(N)=O)NC(=O)[C@H](Cc2ccccc2)NC1=O. The van der Waals surface area contributed by atoms with Crippen LogP contribution in [-0.4, -0.2) is 100 Å². The highest BCUT2D eigenvalue weighted by Gasteiger charge is 2.40. The van der Waals surface area contributed by atoms with Gasteiger partial charge in [-0.15, -0.1) is 0 Å². The first kappa shape index (κ1) is 40.3. The number of nitrogens with two attached hydrogens (primary N) is 2. The largest absolute Gasteiger partial charge is 0.508 e. The molecular formula is C37H50N8O8. The van der Waals surface area contributed by atoms with Gasteiger partial charge >= 0.3 is 0 Å². The van der Waals surface area contributed by atoms with Gasteiger partial charge in [0.25, 0.3) is 0 Å². The average molecular weight is 735 g/mol. The van der Waals surface area contributed by atoms with Gasteiger partial charge in [-0.25, -0.2) is 0 Å². The molecule has 10 N–H and O–H groups in total. The molecule has 0 bridgehead atoms. The maximum Gasteiger partial charge on any atom is 0.246 e. The van der Waals surface area contributed by atoms with Gasteiger partial charge in [0, 0.05) is 19.5 Å². The third kappa shape index (κ3) is 11.5. The number of phenols is 1. The van der Waals surface area contributed by atoms with Crippen LogP contribution in [0.15, 0.2) is 54.6 Å². The quantitative estimate of drug-likeness (QED) is 0.166. The standard InChI is InChI=1S/C37H50N8O8/c1-37(2)36(53)43-27(20-22-9-4-3-5-10-22)33(50)42-28(35(52)45-18-8-12-29(45)31(39)48)21-30(47)40-17-7-6-11-26(34(51)44-37)41-32(49)25(38)19-23-13-15-24(46)16-14-23/h3-5,9-10,13-16,25-29,46H,6-8,11-12,17-21,38H2,1-2H3,(H2,39,48)(H,40,47)(H,41,49)(H,42,50)(H,43,53)(H,44,51)/t25-,26+,27-,28+,29-/m0/s1.